The summed E-state index contributed by atoms with van der Waals surface area (Å²) in [4.78, 5) is 12.5. The van der Waals surface area contributed by atoms with E-state index >= 15 is 0 Å². The fraction of sp³-hybridized carbons (Fsp3) is 0.864. The van der Waals surface area contributed by atoms with Crippen LogP contribution in [-0.4, -0.2) is 17.0 Å². The third-order valence-electron chi connectivity index (χ3n) is 8.82. The van der Waals surface area contributed by atoms with Crippen LogP contribution in [0.5, 0.6) is 0 Å². The van der Waals surface area contributed by atoms with Crippen LogP contribution >= 0.6 is 0 Å². The second-order valence-electron chi connectivity index (χ2n) is 9.65. The number of carbonyl (C=O) groups excluding carboxylic acids is 1. The van der Waals surface area contributed by atoms with Crippen LogP contribution < -0.4 is 0 Å². The molecule has 0 saturated heterocycles. The molecule has 4 rings (SSSR count). The van der Waals surface area contributed by atoms with E-state index in [9.17, 15) is 9.90 Å². The van der Waals surface area contributed by atoms with Crippen molar-refractivity contribution >= 4 is 5.78 Å². The number of allylic oxidation sites excluding steroid dienone is 1. The Hall–Kier alpha value is -0.630. The highest BCUT2D eigenvalue weighted by atomic mass is 16.3. The summed E-state index contributed by atoms with van der Waals surface area (Å²) in [6, 6.07) is 0. The zero-order chi connectivity index (χ0) is 17.1. The van der Waals surface area contributed by atoms with E-state index in [0.717, 1.165) is 43.4 Å². The molecule has 2 heteroatoms. The Balaban J connectivity index is 1.64. The molecule has 3 fully saturated rings. The van der Waals surface area contributed by atoms with Gasteiger partial charge in [0.15, 0.2) is 0 Å². The number of hydrogen-bond donors (Lipinski definition) is 1. The smallest absolute Gasteiger partial charge is 0.136 e. The van der Waals surface area contributed by atoms with Gasteiger partial charge in [0.05, 0.1) is 6.10 Å². The minimum absolute atomic E-state index is 0.118. The zero-order valence-corrected chi connectivity index (χ0v) is 15.7. The summed E-state index contributed by atoms with van der Waals surface area (Å²) in [7, 11) is 0. The van der Waals surface area contributed by atoms with E-state index in [-0.39, 0.29) is 11.5 Å². The van der Waals surface area contributed by atoms with Crippen molar-refractivity contribution in [1.29, 1.82) is 0 Å². The molecule has 0 amide bonds. The third kappa shape index (κ3) is 2.21. The van der Waals surface area contributed by atoms with Gasteiger partial charge in [-0.3, -0.25) is 4.79 Å². The average molecular weight is 331 g/mol. The Labute approximate surface area is 147 Å². The Kier molecular flexibility index (Phi) is 3.99. The van der Waals surface area contributed by atoms with Gasteiger partial charge < -0.3 is 5.11 Å². The van der Waals surface area contributed by atoms with Crippen LogP contribution in [0.1, 0.15) is 78.6 Å². The lowest BCUT2D eigenvalue weighted by atomic mass is 9.47. The second-order valence-corrected chi connectivity index (χ2v) is 9.65. The maximum atomic E-state index is 12.5. The van der Waals surface area contributed by atoms with Crippen molar-refractivity contribution in [1.82, 2.24) is 0 Å². The lowest BCUT2D eigenvalue weighted by molar-refractivity contribution is -0.129. The first-order valence-electron chi connectivity index (χ1n) is 10.3. The molecule has 4 aliphatic carbocycles. The van der Waals surface area contributed by atoms with Crippen molar-refractivity contribution < 1.29 is 9.90 Å². The highest BCUT2D eigenvalue weighted by molar-refractivity contribution is 5.82. The predicted octanol–water partition coefficient (Wildman–Crippen LogP) is 4.91. The molecule has 1 N–H and O–H groups in total. The quantitative estimate of drug-likeness (QED) is 0.731. The molecule has 0 aromatic carbocycles. The molecule has 4 aliphatic rings. The summed E-state index contributed by atoms with van der Waals surface area (Å²) in [5.74, 6) is 3.11. The van der Waals surface area contributed by atoms with Crippen molar-refractivity contribution in [2.45, 2.75) is 84.7 Å². The largest absolute Gasteiger partial charge is 0.393 e. The molecule has 0 aromatic heterocycles. The maximum Gasteiger partial charge on any atom is 0.136 e. The predicted molar refractivity (Wildman–Crippen MR) is 96.5 cm³/mol. The van der Waals surface area contributed by atoms with Gasteiger partial charge in [0.2, 0.25) is 0 Å². The molecule has 3 saturated carbocycles. The van der Waals surface area contributed by atoms with Gasteiger partial charge in [-0.05, 0) is 80.0 Å². The summed E-state index contributed by atoms with van der Waals surface area (Å²) >= 11 is 0. The number of aliphatic hydroxyl groups is 1. The van der Waals surface area contributed by atoms with Crippen molar-refractivity contribution in [3.05, 3.63) is 11.6 Å². The average Bonchev–Trinajstić information content (AvgIpc) is 2.92. The van der Waals surface area contributed by atoms with Crippen molar-refractivity contribution in [3.8, 4) is 0 Å². The number of ketones is 1. The monoisotopic (exact) mass is 330 g/mol. The molecule has 0 aromatic rings. The van der Waals surface area contributed by atoms with Gasteiger partial charge in [-0.25, -0.2) is 0 Å². The topological polar surface area (TPSA) is 37.3 Å². The molecule has 0 aliphatic heterocycles. The molecule has 7 atom stereocenters. The molecule has 2 nitrogen and oxygen atoms in total. The van der Waals surface area contributed by atoms with E-state index in [4.69, 9.17) is 0 Å². The second kappa shape index (κ2) is 5.69. The molecule has 0 heterocycles. The van der Waals surface area contributed by atoms with Crippen LogP contribution in [0.15, 0.2) is 11.6 Å². The van der Waals surface area contributed by atoms with Crippen LogP contribution in [0.3, 0.4) is 0 Å². The van der Waals surface area contributed by atoms with Gasteiger partial charge >= 0.3 is 0 Å². The summed E-state index contributed by atoms with van der Waals surface area (Å²) in [6.07, 6.45) is 12.2. The summed E-state index contributed by atoms with van der Waals surface area (Å²) < 4.78 is 0. The van der Waals surface area contributed by atoms with Crippen LogP contribution in [-0.2, 0) is 4.79 Å². The fourth-order valence-corrected chi connectivity index (χ4v) is 7.42. The van der Waals surface area contributed by atoms with Gasteiger partial charge in [0.1, 0.15) is 5.78 Å². The highest BCUT2D eigenvalue weighted by Gasteiger charge is 2.59. The normalized spacial score (nSPS) is 50.5. The van der Waals surface area contributed by atoms with Gasteiger partial charge in [-0.1, -0.05) is 32.4 Å². The first kappa shape index (κ1) is 16.8. The minimum atomic E-state index is -0.118. The summed E-state index contributed by atoms with van der Waals surface area (Å²) in [5.41, 5.74) is 2.12. The molecule has 0 bridgehead atoms. The van der Waals surface area contributed by atoms with Crippen LogP contribution in [0.2, 0.25) is 0 Å². The van der Waals surface area contributed by atoms with Crippen molar-refractivity contribution in [2.24, 2.45) is 34.5 Å². The molecule has 0 spiro atoms. The standard InChI is InChI=1S/C22H34O2/c1-4-20(24)19-8-7-17-16-6-5-14-13-15(23)9-11-21(14,2)18(16)10-12-22(17,19)3/h5,15-19,23H,4,6-13H2,1-3H3. The molecule has 0 radical (unpaired) electrons. The number of aliphatic hydroxyl groups excluding tert-OH is 1. The third-order valence-corrected chi connectivity index (χ3v) is 8.82. The lowest BCUT2D eigenvalue weighted by Gasteiger charge is -2.58. The number of fused-ring (bicyclic) bond motifs is 5. The Morgan fingerprint density at radius 2 is 1.96 bits per heavy atom. The van der Waals surface area contributed by atoms with Gasteiger partial charge in [-0.15, -0.1) is 0 Å². The van der Waals surface area contributed by atoms with Gasteiger partial charge in [0, 0.05) is 12.3 Å². The van der Waals surface area contributed by atoms with Crippen molar-refractivity contribution in [3.63, 3.8) is 0 Å². The van der Waals surface area contributed by atoms with Gasteiger partial charge in [-0.2, -0.15) is 0 Å². The molecule has 7 unspecified atom stereocenters. The number of Topliss-reactive ketones (excluding diaryl/α,β-unsaturated/α-hetero) is 1. The summed E-state index contributed by atoms with van der Waals surface area (Å²) in [6.45, 7) is 6.95. The fourth-order valence-electron chi connectivity index (χ4n) is 7.42. The minimum Gasteiger partial charge on any atom is -0.393 e. The zero-order valence-electron chi connectivity index (χ0n) is 15.7. The number of rotatable bonds is 2. The Morgan fingerprint density at radius 1 is 1.17 bits per heavy atom. The molecular formula is C22H34O2. The SMILES string of the molecule is CCC(=O)C1CCC2C3CC=C4CC(O)CCC4(C)C3CCC12C. The maximum absolute atomic E-state index is 12.5. The number of carbonyl (C=O) groups is 1. The van der Waals surface area contributed by atoms with Crippen molar-refractivity contribution in [2.75, 3.05) is 0 Å². The van der Waals surface area contributed by atoms with E-state index in [1.165, 1.54) is 25.7 Å². The highest BCUT2D eigenvalue weighted by Crippen LogP contribution is 2.66. The molecular weight excluding hydrogens is 296 g/mol. The van der Waals surface area contributed by atoms with E-state index < -0.39 is 0 Å². The summed E-state index contributed by atoms with van der Waals surface area (Å²) in [5, 5.41) is 10.1. The number of hydrogen-bond acceptors (Lipinski definition) is 2. The van der Waals surface area contributed by atoms with Crippen LogP contribution in [0.25, 0.3) is 0 Å². The lowest BCUT2D eigenvalue weighted by Crippen LogP contribution is -2.51. The van der Waals surface area contributed by atoms with Crippen LogP contribution in [0.4, 0.5) is 0 Å². The van der Waals surface area contributed by atoms with Gasteiger partial charge in [0.25, 0.3) is 0 Å². The molecule has 24 heavy (non-hydrogen) atoms. The van der Waals surface area contributed by atoms with Crippen LogP contribution in [0, 0.1) is 34.5 Å². The first-order chi connectivity index (χ1) is 11.4. The van der Waals surface area contributed by atoms with E-state index in [0.29, 0.717) is 23.5 Å². The van der Waals surface area contributed by atoms with E-state index in [2.05, 4.69) is 19.9 Å². The Bertz CT molecular complexity index is 564. The van der Waals surface area contributed by atoms with E-state index in [1.54, 1.807) is 5.57 Å². The van der Waals surface area contributed by atoms with E-state index in [1.807, 2.05) is 6.92 Å². The molecule has 134 valence electrons. The first-order valence-corrected chi connectivity index (χ1v) is 10.3. The Morgan fingerprint density at radius 3 is 2.71 bits per heavy atom.